The minimum absolute atomic E-state index is 0.0550. The maximum Gasteiger partial charge on any atom is 0.317 e. The monoisotopic (exact) mass is 250 g/mol. The lowest BCUT2D eigenvalue weighted by molar-refractivity contribution is -0.162. The first-order valence-corrected chi connectivity index (χ1v) is 6.20. The van der Waals surface area contributed by atoms with E-state index in [4.69, 9.17) is 0 Å². The van der Waals surface area contributed by atoms with Gasteiger partial charge in [-0.1, -0.05) is 19.3 Å². The quantitative estimate of drug-likeness (QED) is 0.762. The summed E-state index contributed by atoms with van der Waals surface area (Å²) in [6, 6.07) is 0. The molecule has 1 aliphatic carbocycles. The lowest BCUT2D eigenvalue weighted by Crippen LogP contribution is -2.40. The van der Waals surface area contributed by atoms with Gasteiger partial charge in [-0.25, -0.2) is 8.78 Å². The maximum absolute atomic E-state index is 12.8. The average molecular weight is 250 g/mol. The third kappa shape index (κ3) is 3.91. The highest BCUT2D eigenvalue weighted by atomic mass is 19.3. The number of aliphatic hydroxyl groups excluding tert-OH is 1. The van der Waals surface area contributed by atoms with Crippen molar-refractivity contribution in [2.24, 2.45) is 11.8 Å². The molecule has 0 saturated heterocycles. The molecule has 0 aromatic carbocycles. The van der Waals surface area contributed by atoms with E-state index in [1.807, 2.05) is 0 Å². The second-order valence-electron chi connectivity index (χ2n) is 4.50. The Morgan fingerprint density at radius 3 is 2.41 bits per heavy atom. The van der Waals surface area contributed by atoms with Crippen LogP contribution in [0.15, 0.2) is 0 Å². The first kappa shape index (κ1) is 14.4. The molecule has 0 amide bonds. The summed E-state index contributed by atoms with van der Waals surface area (Å²) in [5.74, 6) is -2.88. The predicted octanol–water partition coefficient (Wildman–Crippen LogP) is 2.37. The second kappa shape index (κ2) is 6.89. The SMILES string of the molecule is CCOC(=O)C(C(F)F)C(O)C1CCCCC1. The molecule has 100 valence electrons. The molecule has 1 N–H and O–H groups in total. The Bertz CT molecular complexity index is 240. The van der Waals surface area contributed by atoms with Crippen LogP contribution in [0, 0.1) is 11.8 Å². The summed E-state index contributed by atoms with van der Waals surface area (Å²) in [5, 5.41) is 9.92. The van der Waals surface area contributed by atoms with Gasteiger partial charge >= 0.3 is 5.97 Å². The van der Waals surface area contributed by atoms with E-state index in [9.17, 15) is 18.7 Å². The minimum atomic E-state index is -2.87. The zero-order chi connectivity index (χ0) is 12.8. The van der Waals surface area contributed by atoms with Crippen LogP contribution in [-0.4, -0.2) is 30.2 Å². The minimum Gasteiger partial charge on any atom is -0.466 e. The summed E-state index contributed by atoms with van der Waals surface area (Å²) >= 11 is 0. The van der Waals surface area contributed by atoms with Crippen LogP contribution in [0.4, 0.5) is 8.78 Å². The molecule has 1 aliphatic rings. The van der Waals surface area contributed by atoms with E-state index in [0.717, 1.165) is 19.3 Å². The lowest BCUT2D eigenvalue weighted by Gasteiger charge is -2.30. The van der Waals surface area contributed by atoms with Crippen LogP contribution >= 0.6 is 0 Å². The molecule has 0 aromatic rings. The Labute approximate surface area is 100 Å². The van der Waals surface area contributed by atoms with Crippen LogP contribution in [0.5, 0.6) is 0 Å². The van der Waals surface area contributed by atoms with Gasteiger partial charge in [-0.15, -0.1) is 0 Å². The summed E-state index contributed by atoms with van der Waals surface area (Å²) < 4.78 is 30.2. The van der Waals surface area contributed by atoms with Gasteiger partial charge in [0.1, 0.15) is 5.92 Å². The van der Waals surface area contributed by atoms with Crippen molar-refractivity contribution in [3.63, 3.8) is 0 Å². The van der Waals surface area contributed by atoms with Crippen LogP contribution in [-0.2, 0) is 9.53 Å². The van der Waals surface area contributed by atoms with Gasteiger partial charge < -0.3 is 9.84 Å². The van der Waals surface area contributed by atoms with E-state index >= 15 is 0 Å². The fourth-order valence-corrected chi connectivity index (χ4v) is 2.40. The smallest absolute Gasteiger partial charge is 0.317 e. The molecular formula is C12H20F2O3. The standard InChI is InChI=1S/C12H20F2O3/c1-2-17-12(16)9(11(13)14)10(15)8-6-4-3-5-7-8/h8-11,15H,2-7H2,1H3. The van der Waals surface area contributed by atoms with Crippen molar-refractivity contribution in [1.82, 2.24) is 0 Å². The zero-order valence-electron chi connectivity index (χ0n) is 10.1. The Morgan fingerprint density at radius 2 is 1.94 bits per heavy atom. The predicted molar refractivity (Wildman–Crippen MR) is 58.7 cm³/mol. The van der Waals surface area contributed by atoms with Gasteiger partial charge in [0, 0.05) is 0 Å². The number of rotatable bonds is 5. The molecule has 17 heavy (non-hydrogen) atoms. The summed E-state index contributed by atoms with van der Waals surface area (Å²) in [7, 11) is 0. The summed E-state index contributed by atoms with van der Waals surface area (Å²) in [6.07, 6.45) is 0.205. The Hall–Kier alpha value is -0.710. The number of halogens is 2. The van der Waals surface area contributed by atoms with Crippen LogP contribution in [0.3, 0.4) is 0 Å². The van der Waals surface area contributed by atoms with Gasteiger partial charge in [-0.05, 0) is 25.7 Å². The highest BCUT2D eigenvalue weighted by Crippen LogP contribution is 2.32. The van der Waals surface area contributed by atoms with E-state index in [0.29, 0.717) is 12.8 Å². The molecule has 0 heterocycles. The first-order valence-electron chi connectivity index (χ1n) is 6.20. The molecule has 0 spiro atoms. The van der Waals surface area contributed by atoms with Gasteiger partial charge in [-0.2, -0.15) is 0 Å². The third-order valence-electron chi connectivity index (χ3n) is 3.33. The number of hydrogen-bond acceptors (Lipinski definition) is 3. The van der Waals surface area contributed by atoms with Gasteiger partial charge in [0.2, 0.25) is 0 Å². The molecule has 0 aliphatic heterocycles. The molecule has 0 radical (unpaired) electrons. The van der Waals surface area contributed by atoms with Crippen LogP contribution < -0.4 is 0 Å². The first-order chi connectivity index (χ1) is 8.07. The number of carbonyl (C=O) groups excluding carboxylic acids is 1. The summed E-state index contributed by atoms with van der Waals surface area (Å²) in [4.78, 5) is 11.4. The van der Waals surface area contributed by atoms with E-state index in [1.165, 1.54) is 0 Å². The normalized spacial score (nSPS) is 21.2. The van der Waals surface area contributed by atoms with Crippen molar-refractivity contribution in [2.45, 2.75) is 51.6 Å². The van der Waals surface area contributed by atoms with Crippen molar-refractivity contribution < 1.29 is 23.4 Å². The highest BCUT2D eigenvalue weighted by molar-refractivity contribution is 5.73. The molecular weight excluding hydrogens is 230 g/mol. The molecule has 0 bridgehead atoms. The van der Waals surface area contributed by atoms with Crippen LogP contribution in [0.25, 0.3) is 0 Å². The number of esters is 1. The third-order valence-corrected chi connectivity index (χ3v) is 3.33. The van der Waals surface area contributed by atoms with Crippen LogP contribution in [0.2, 0.25) is 0 Å². The Kier molecular flexibility index (Phi) is 5.82. The van der Waals surface area contributed by atoms with E-state index in [2.05, 4.69) is 4.74 Å². The summed E-state index contributed by atoms with van der Waals surface area (Å²) in [6.45, 7) is 1.62. The number of carbonyl (C=O) groups is 1. The second-order valence-corrected chi connectivity index (χ2v) is 4.50. The molecule has 0 aromatic heterocycles. The lowest BCUT2D eigenvalue weighted by atomic mass is 9.80. The number of ether oxygens (including phenoxy) is 1. The van der Waals surface area contributed by atoms with Gasteiger partial charge in [0.05, 0.1) is 12.7 Å². The molecule has 2 unspecified atom stereocenters. The van der Waals surface area contributed by atoms with Crippen molar-refractivity contribution >= 4 is 5.97 Å². The van der Waals surface area contributed by atoms with E-state index in [-0.39, 0.29) is 12.5 Å². The number of aliphatic hydroxyl groups is 1. The Balaban J connectivity index is 2.64. The number of alkyl halides is 2. The fraction of sp³-hybridized carbons (Fsp3) is 0.917. The van der Waals surface area contributed by atoms with Crippen molar-refractivity contribution in [3.8, 4) is 0 Å². The molecule has 1 fully saturated rings. The van der Waals surface area contributed by atoms with Gasteiger partial charge in [0.25, 0.3) is 6.43 Å². The van der Waals surface area contributed by atoms with E-state index in [1.54, 1.807) is 6.92 Å². The van der Waals surface area contributed by atoms with Crippen molar-refractivity contribution in [3.05, 3.63) is 0 Å². The van der Waals surface area contributed by atoms with Crippen molar-refractivity contribution in [1.29, 1.82) is 0 Å². The number of hydrogen-bond donors (Lipinski definition) is 1. The molecule has 2 atom stereocenters. The largest absolute Gasteiger partial charge is 0.466 e. The molecule has 5 heteroatoms. The zero-order valence-corrected chi connectivity index (χ0v) is 10.1. The van der Waals surface area contributed by atoms with Gasteiger partial charge in [-0.3, -0.25) is 4.79 Å². The highest BCUT2D eigenvalue weighted by Gasteiger charge is 2.40. The maximum atomic E-state index is 12.8. The average Bonchev–Trinajstić information content (AvgIpc) is 2.30. The van der Waals surface area contributed by atoms with Gasteiger partial charge in [0.15, 0.2) is 0 Å². The fourth-order valence-electron chi connectivity index (χ4n) is 2.40. The Morgan fingerprint density at radius 1 is 1.35 bits per heavy atom. The molecule has 1 rings (SSSR count). The molecule has 3 nitrogen and oxygen atoms in total. The van der Waals surface area contributed by atoms with Crippen LogP contribution in [0.1, 0.15) is 39.0 Å². The topological polar surface area (TPSA) is 46.5 Å². The van der Waals surface area contributed by atoms with Crippen molar-refractivity contribution in [2.75, 3.05) is 6.61 Å². The molecule has 1 saturated carbocycles. The van der Waals surface area contributed by atoms with E-state index < -0.39 is 24.4 Å². The summed E-state index contributed by atoms with van der Waals surface area (Å²) in [5.41, 5.74) is 0.